The van der Waals surface area contributed by atoms with Crippen molar-refractivity contribution in [1.82, 2.24) is 10.2 Å². The van der Waals surface area contributed by atoms with Gasteiger partial charge in [-0.05, 0) is 24.5 Å². The molecule has 0 bridgehead atoms. The van der Waals surface area contributed by atoms with Gasteiger partial charge >= 0.3 is 0 Å². The highest BCUT2D eigenvalue weighted by atomic mass is 16.2. The first-order valence-corrected chi connectivity index (χ1v) is 6.70. The van der Waals surface area contributed by atoms with Gasteiger partial charge in [0.2, 0.25) is 5.91 Å². The van der Waals surface area contributed by atoms with Crippen LogP contribution in [-0.4, -0.2) is 36.9 Å². The molecule has 1 rings (SSSR count). The van der Waals surface area contributed by atoms with Crippen molar-refractivity contribution in [2.24, 2.45) is 5.92 Å². The fraction of sp³-hybridized carbons (Fsp3) is 0.467. The maximum Gasteiger partial charge on any atom is 0.256 e. The van der Waals surface area contributed by atoms with Gasteiger partial charge in [0, 0.05) is 19.3 Å². The highest BCUT2D eigenvalue weighted by molar-refractivity contribution is 6.01. The number of nitrogens with zero attached hydrogens (tertiary/aromatic N) is 1. The van der Waals surface area contributed by atoms with Gasteiger partial charge in [-0.3, -0.25) is 9.59 Å². The lowest BCUT2D eigenvalue weighted by molar-refractivity contribution is -0.121. The van der Waals surface area contributed by atoms with Crippen molar-refractivity contribution in [3.63, 3.8) is 0 Å². The van der Waals surface area contributed by atoms with Gasteiger partial charge in [-0.15, -0.1) is 0 Å². The number of aryl methyl sites for hydroxylation is 1. The van der Waals surface area contributed by atoms with Gasteiger partial charge in [-0.2, -0.15) is 0 Å². The number of nitrogen functional groups attached to an aromatic ring is 1. The fourth-order valence-electron chi connectivity index (χ4n) is 1.83. The van der Waals surface area contributed by atoms with Crippen molar-refractivity contribution in [3.05, 3.63) is 29.3 Å². The van der Waals surface area contributed by atoms with Crippen LogP contribution in [0.3, 0.4) is 0 Å². The van der Waals surface area contributed by atoms with E-state index in [2.05, 4.69) is 5.32 Å². The first-order chi connectivity index (χ1) is 9.32. The van der Waals surface area contributed by atoms with E-state index >= 15 is 0 Å². The summed E-state index contributed by atoms with van der Waals surface area (Å²) in [4.78, 5) is 25.4. The molecule has 0 heterocycles. The molecule has 1 aromatic carbocycles. The molecule has 3 N–H and O–H groups in total. The van der Waals surface area contributed by atoms with Gasteiger partial charge in [0.15, 0.2) is 0 Å². The summed E-state index contributed by atoms with van der Waals surface area (Å²) < 4.78 is 0. The van der Waals surface area contributed by atoms with Crippen LogP contribution >= 0.6 is 0 Å². The molecule has 0 aromatic heterocycles. The zero-order valence-electron chi connectivity index (χ0n) is 12.6. The Morgan fingerprint density at radius 3 is 2.55 bits per heavy atom. The van der Waals surface area contributed by atoms with Crippen LogP contribution in [0, 0.1) is 12.8 Å². The molecule has 5 nitrogen and oxygen atoms in total. The predicted molar refractivity (Wildman–Crippen MR) is 80.4 cm³/mol. The third-order valence-corrected chi connectivity index (χ3v) is 2.95. The van der Waals surface area contributed by atoms with Crippen LogP contribution in [0.2, 0.25) is 0 Å². The van der Waals surface area contributed by atoms with Crippen LogP contribution in [0.25, 0.3) is 0 Å². The molecule has 0 radical (unpaired) electrons. The molecule has 0 saturated carbocycles. The molecule has 0 saturated heterocycles. The van der Waals surface area contributed by atoms with Crippen LogP contribution in [-0.2, 0) is 4.79 Å². The second kappa shape index (κ2) is 6.93. The predicted octanol–water partition coefficient (Wildman–Crippen LogP) is 1.42. The smallest absolute Gasteiger partial charge is 0.256 e. The highest BCUT2D eigenvalue weighted by Crippen LogP contribution is 2.17. The summed E-state index contributed by atoms with van der Waals surface area (Å²) in [5, 5.41) is 2.78. The van der Waals surface area contributed by atoms with Crippen LogP contribution in [0.5, 0.6) is 0 Å². The van der Waals surface area contributed by atoms with Crippen molar-refractivity contribution in [3.8, 4) is 0 Å². The van der Waals surface area contributed by atoms with E-state index in [0.717, 1.165) is 5.56 Å². The number of amides is 2. The van der Waals surface area contributed by atoms with Gasteiger partial charge in [-0.25, -0.2) is 0 Å². The van der Waals surface area contributed by atoms with Crippen molar-refractivity contribution in [2.45, 2.75) is 20.8 Å². The van der Waals surface area contributed by atoms with E-state index in [1.54, 1.807) is 19.2 Å². The third kappa shape index (κ3) is 4.26. The maximum absolute atomic E-state index is 12.3. The number of benzene rings is 1. The largest absolute Gasteiger partial charge is 0.398 e. The second-order valence-electron chi connectivity index (χ2n) is 5.40. The molecule has 5 heteroatoms. The fourth-order valence-corrected chi connectivity index (χ4v) is 1.83. The Kier molecular flexibility index (Phi) is 5.55. The summed E-state index contributed by atoms with van der Waals surface area (Å²) >= 11 is 0. The number of hydrogen-bond donors (Lipinski definition) is 2. The molecule has 0 spiro atoms. The minimum Gasteiger partial charge on any atom is -0.398 e. The first-order valence-electron chi connectivity index (χ1n) is 6.70. The Morgan fingerprint density at radius 2 is 2.00 bits per heavy atom. The van der Waals surface area contributed by atoms with Gasteiger partial charge in [0.05, 0.1) is 12.1 Å². The van der Waals surface area contributed by atoms with Gasteiger partial charge < -0.3 is 16.0 Å². The lowest BCUT2D eigenvalue weighted by Gasteiger charge is -2.19. The van der Waals surface area contributed by atoms with Gasteiger partial charge in [0.25, 0.3) is 5.91 Å². The Hall–Kier alpha value is -2.04. The average molecular weight is 277 g/mol. The summed E-state index contributed by atoms with van der Waals surface area (Å²) in [6.45, 7) is 6.50. The summed E-state index contributed by atoms with van der Waals surface area (Å²) in [5.74, 6) is -0.0195. The van der Waals surface area contributed by atoms with Crippen molar-refractivity contribution in [1.29, 1.82) is 0 Å². The first kappa shape index (κ1) is 16.0. The van der Waals surface area contributed by atoms with Crippen LogP contribution in [0.4, 0.5) is 5.69 Å². The minimum absolute atomic E-state index is 0.0271. The molecule has 0 aliphatic rings. The Labute approximate surface area is 120 Å². The van der Waals surface area contributed by atoms with E-state index in [9.17, 15) is 9.59 Å². The average Bonchev–Trinajstić information content (AvgIpc) is 2.35. The van der Waals surface area contributed by atoms with E-state index in [1.807, 2.05) is 26.8 Å². The number of likely N-dealkylation sites (N-methyl/N-ethyl adjacent to an activating group) is 1. The Morgan fingerprint density at radius 1 is 1.35 bits per heavy atom. The maximum atomic E-state index is 12.3. The molecule has 0 atom stereocenters. The van der Waals surface area contributed by atoms with E-state index in [4.69, 9.17) is 5.73 Å². The van der Waals surface area contributed by atoms with Crippen LogP contribution < -0.4 is 11.1 Å². The number of carbonyl (C=O) groups excluding carboxylic acids is 2. The topological polar surface area (TPSA) is 75.4 Å². The Bertz CT molecular complexity index is 478. The van der Waals surface area contributed by atoms with Crippen molar-refractivity contribution in [2.75, 3.05) is 25.9 Å². The quantitative estimate of drug-likeness (QED) is 0.799. The summed E-state index contributed by atoms with van der Waals surface area (Å²) in [6, 6.07) is 5.32. The van der Waals surface area contributed by atoms with Gasteiger partial charge in [-0.1, -0.05) is 26.0 Å². The molecule has 0 aliphatic heterocycles. The van der Waals surface area contributed by atoms with Crippen molar-refractivity contribution >= 4 is 17.5 Å². The third-order valence-electron chi connectivity index (χ3n) is 2.95. The zero-order chi connectivity index (χ0) is 15.3. The summed E-state index contributed by atoms with van der Waals surface area (Å²) in [5.41, 5.74) is 7.55. The van der Waals surface area contributed by atoms with Crippen LogP contribution in [0.15, 0.2) is 18.2 Å². The van der Waals surface area contributed by atoms with E-state index in [-0.39, 0.29) is 18.4 Å². The number of nitrogens with one attached hydrogen (secondary N) is 1. The van der Waals surface area contributed by atoms with Crippen LogP contribution in [0.1, 0.15) is 29.8 Å². The number of hydrogen-bond acceptors (Lipinski definition) is 3. The van der Waals surface area contributed by atoms with E-state index in [0.29, 0.717) is 23.7 Å². The second-order valence-corrected chi connectivity index (χ2v) is 5.40. The summed E-state index contributed by atoms with van der Waals surface area (Å²) in [6.07, 6.45) is 0. The monoisotopic (exact) mass is 277 g/mol. The van der Waals surface area contributed by atoms with Gasteiger partial charge in [0.1, 0.15) is 0 Å². The Balaban J connectivity index is 2.70. The molecule has 110 valence electrons. The van der Waals surface area contributed by atoms with Crippen molar-refractivity contribution < 1.29 is 9.59 Å². The molecule has 1 aromatic rings. The number of anilines is 1. The van der Waals surface area contributed by atoms with E-state index in [1.165, 1.54) is 4.90 Å². The molecule has 20 heavy (non-hydrogen) atoms. The molecule has 2 amide bonds. The normalized spacial score (nSPS) is 10.4. The molecule has 0 fully saturated rings. The standard InChI is InChI=1S/C15H23N3O2/c1-10(2)8-17-13(19)9-18(4)15(20)14-11(3)6-5-7-12(14)16/h5-7,10H,8-9,16H2,1-4H3,(H,17,19). The summed E-state index contributed by atoms with van der Waals surface area (Å²) in [7, 11) is 1.60. The number of nitrogens with two attached hydrogens (primary N) is 1. The van der Waals surface area contributed by atoms with E-state index < -0.39 is 0 Å². The molecule has 0 unspecified atom stereocenters. The molecular weight excluding hydrogens is 254 g/mol. The molecular formula is C15H23N3O2. The number of rotatable bonds is 5. The lowest BCUT2D eigenvalue weighted by Crippen LogP contribution is -2.39. The minimum atomic E-state index is -0.236. The number of carbonyl (C=O) groups is 2. The highest BCUT2D eigenvalue weighted by Gasteiger charge is 2.18. The SMILES string of the molecule is Cc1cccc(N)c1C(=O)N(C)CC(=O)NCC(C)C. The lowest BCUT2D eigenvalue weighted by atomic mass is 10.1. The zero-order valence-corrected chi connectivity index (χ0v) is 12.6. The molecule has 0 aliphatic carbocycles.